The van der Waals surface area contributed by atoms with Gasteiger partial charge in [0.25, 0.3) is 11.8 Å². The number of aromatic nitrogens is 2. The summed E-state index contributed by atoms with van der Waals surface area (Å²) in [5.74, 6) is -0.146. The molecule has 1 aliphatic heterocycles. The van der Waals surface area contributed by atoms with Crippen LogP contribution >= 0.6 is 0 Å². The molecule has 0 unspecified atom stereocenters. The number of para-hydroxylation sites is 1. The van der Waals surface area contributed by atoms with Gasteiger partial charge in [0, 0.05) is 17.3 Å². The third-order valence-electron chi connectivity index (χ3n) is 5.41. The van der Waals surface area contributed by atoms with Crippen LogP contribution < -0.4 is 15.4 Å². The van der Waals surface area contributed by atoms with Gasteiger partial charge >= 0.3 is 6.03 Å². The summed E-state index contributed by atoms with van der Waals surface area (Å²) >= 11 is 0. The summed E-state index contributed by atoms with van der Waals surface area (Å²) in [6.07, 6.45) is 4.16. The lowest BCUT2D eigenvalue weighted by Gasteiger charge is -2.14. The van der Waals surface area contributed by atoms with E-state index in [0.29, 0.717) is 23.8 Å². The minimum absolute atomic E-state index is 0.168. The summed E-state index contributed by atoms with van der Waals surface area (Å²) in [6.45, 7) is 6.91. The summed E-state index contributed by atoms with van der Waals surface area (Å²) in [5.41, 5.74) is 3.57. The molecule has 2 aromatic carbocycles. The van der Waals surface area contributed by atoms with Gasteiger partial charge in [0.05, 0.1) is 18.0 Å². The number of imide groups is 2. The summed E-state index contributed by atoms with van der Waals surface area (Å²) in [5, 5.41) is 8.94. The number of hydrogen-bond acceptors (Lipinski definition) is 5. The number of nitrogens with one attached hydrogen (secondary N) is 2. The van der Waals surface area contributed by atoms with E-state index >= 15 is 0 Å². The molecule has 8 nitrogen and oxygen atoms in total. The molecule has 0 radical (unpaired) electrons. The lowest BCUT2D eigenvalue weighted by molar-refractivity contribution is -0.123. The van der Waals surface area contributed by atoms with Crippen molar-refractivity contribution in [3.63, 3.8) is 0 Å². The first-order chi connectivity index (χ1) is 16.3. The Balaban J connectivity index is 1.74. The number of ether oxygens (including phenoxy) is 1. The molecule has 0 atom stereocenters. The number of barbiturate groups is 1. The third kappa shape index (κ3) is 5.06. The molecular weight excluding hydrogens is 432 g/mol. The van der Waals surface area contributed by atoms with Gasteiger partial charge in [-0.05, 0) is 61.2 Å². The largest absolute Gasteiger partial charge is 0.493 e. The van der Waals surface area contributed by atoms with Gasteiger partial charge in [-0.15, -0.1) is 0 Å². The number of carbonyl (C=O) groups excluding carboxylic acids is 3. The molecule has 2 heterocycles. The average molecular weight is 459 g/mol. The van der Waals surface area contributed by atoms with Crippen molar-refractivity contribution in [2.24, 2.45) is 5.92 Å². The standard InChI is InChI=1S/C26H26N4O4/c1-16(2)11-12-34-22-10-9-18(13-17(22)3)23-19(14-21-24(31)27-26(33)28-25(21)32)15-30(29-23)20-7-5-4-6-8-20/h4-10,13-16H,11-12H2,1-3H3,(H2,27,28,31,32,33). The van der Waals surface area contributed by atoms with Gasteiger partial charge in [0.2, 0.25) is 0 Å². The van der Waals surface area contributed by atoms with E-state index in [2.05, 4.69) is 24.5 Å². The zero-order valence-electron chi connectivity index (χ0n) is 19.3. The van der Waals surface area contributed by atoms with Crippen molar-refractivity contribution in [3.8, 4) is 22.7 Å². The maximum absolute atomic E-state index is 12.3. The molecule has 0 aliphatic carbocycles. The van der Waals surface area contributed by atoms with E-state index in [9.17, 15) is 14.4 Å². The minimum Gasteiger partial charge on any atom is -0.493 e. The Morgan fingerprint density at radius 2 is 1.74 bits per heavy atom. The van der Waals surface area contributed by atoms with Crippen LogP contribution in [0, 0.1) is 12.8 Å². The highest BCUT2D eigenvalue weighted by Crippen LogP contribution is 2.30. The first-order valence-electron chi connectivity index (χ1n) is 11.1. The second-order valence-electron chi connectivity index (χ2n) is 8.52. The molecule has 174 valence electrons. The van der Waals surface area contributed by atoms with Gasteiger partial charge < -0.3 is 4.74 Å². The van der Waals surface area contributed by atoms with Gasteiger partial charge in [-0.2, -0.15) is 5.10 Å². The van der Waals surface area contributed by atoms with Gasteiger partial charge in [-0.1, -0.05) is 32.0 Å². The van der Waals surface area contributed by atoms with Crippen LogP contribution in [0.1, 0.15) is 31.4 Å². The summed E-state index contributed by atoms with van der Waals surface area (Å²) < 4.78 is 7.62. The van der Waals surface area contributed by atoms with Crippen LogP contribution in [0.2, 0.25) is 0 Å². The van der Waals surface area contributed by atoms with E-state index in [-0.39, 0.29) is 5.57 Å². The lowest BCUT2D eigenvalue weighted by Crippen LogP contribution is -2.51. The Morgan fingerprint density at radius 1 is 1.03 bits per heavy atom. The number of carbonyl (C=O) groups is 3. The number of aryl methyl sites for hydroxylation is 1. The number of nitrogens with zero attached hydrogens (tertiary/aromatic N) is 2. The zero-order chi connectivity index (χ0) is 24.2. The molecule has 1 aliphatic rings. The Hall–Kier alpha value is -4.20. The van der Waals surface area contributed by atoms with E-state index in [4.69, 9.17) is 9.84 Å². The van der Waals surface area contributed by atoms with E-state index < -0.39 is 17.8 Å². The maximum atomic E-state index is 12.3. The second kappa shape index (κ2) is 9.74. The zero-order valence-corrected chi connectivity index (χ0v) is 19.3. The highest BCUT2D eigenvalue weighted by Gasteiger charge is 2.28. The average Bonchev–Trinajstić information content (AvgIpc) is 3.21. The predicted molar refractivity (Wildman–Crippen MR) is 128 cm³/mol. The normalized spacial score (nSPS) is 13.6. The monoisotopic (exact) mass is 458 g/mol. The van der Waals surface area contributed by atoms with Crippen LogP contribution in [0.4, 0.5) is 4.79 Å². The Kier molecular flexibility index (Phi) is 6.58. The van der Waals surface area contributed by atoms with Crippen molar-refractivity contribution in [2.75, 3.05) is 6.61 Å². The molecule has 2 N–H and O–H groups in total. The van der Waals surface area contributed by atoms with Crippen LogP contribution in [-0.4, -0.2) is 34.2 Å². The summed E-state index contributed by atoms with van der Waals surface area (Å²) in [7, 11) is 0. The molecule has 3 aromatic rings. The van der Waals surface area contributed by atoms with Crippen molar-refractivity contribution < 1.29 is 19.1 Å². The van der Waals surface area contributed by atoms with Crippen molar-refractivity contribution >= 4 is 23.9 Å². The SMILES string of the molecule is Cc1cc(-c2nn(-c3ccccc3)cc2C=C2C(=O)NC(=O)NC2=O)ccc1OCCC(C)C. The van der Waals surface area contributed by atoms with Crippen LogP contribution in [0.25, 0.3) is 23.0 Å². The molecule has 34 heavy (non-hydrogen) atoms. The summed E-state index contributed by atoms with van der Waals surface area (Å²) in [4.78, 5) is 36.0. The molecule has 4 amide bonds. The number of amides is 4. The van der Waals surface area contributed by atoms with E-state index in [1.54, 1.807) is 10.9 Å². The topological polar surface area (TPSA) is 102 Å². The van der Waals surface area contributed by atoms with Gasteiger partial charge in [0.15, 0.2) is 0 Å². The Bertz CT molecular complexity index is 1250. The number of benzene rings is 2. The number of hydrogen-bond donors (Lipinski definition) is 2. The molecule has 1 aromatic heterocycles. The Morgan fingerprint density at radius 3 is 2.38 bits per heavy atom. The summed E-state index contributed by atoms with van der Waals surface area (Å²) in [6, 6.07) is 14.5. The van der Waals surface area contributed by atoms with Crippen molar-refractivity contribution in [1.29, 1.82) is 0 Å². The first kappa shape index (κ1) is 23.0. The van der Waals surface area contributed by atoms with Crippen LogP contribution in [-0.2, 0) is 9.59 Å². The Labute approximate surface area is 197 Å². The first-order valence-corrected chi connectivity index (χ1v) is 11.1. The smallest absolute Gasteiger partial charge is 0.328 e. The predicted octanol–water partition coefficient (Wildman–Crippen LogP) is 4.02. The van der Waals surface area contributed by atoms with Gasteiger partial charge in [-0.3, -0.25) is 20.2 Å². The van der Waals surface area contributed by atoms with Gasteiger partial charge in [-0.25, -0.2) is 9.48 Å². The maximum Gasteiger partial charge on any atom is 0.328 e. The van der Waals surface area contributed by atoms with Crippen molar-refractivity contribution in [2.45, 2.75) is 27.2 Å². The molecule has 0 spiro atoms. The quantitative estimate of drug-likeness (QED) is 0.411. The molecular formula is C26H26N4O4. The molecule has 8 heteroatoms. The van der Waals surface area contributed by atoms with Crippen LogP contribution in [0.3, 0.4) is 0 Å². The fourth-order valence-electron chi connectivity index (χ4n) is 3.56. The van der Waals surface area contributed by atoms with Crippen molar-refractivity contribution in [1.82, 2.24) is 20.4 Å². The fraction of sp³-hybridized carbons (Fsp3) is 0.231. The molecule has 0 saturated carbocycles. The third-order valence-corrected chi connectivity index (χ3v) is 5.41. The second-order valence-corrected chi connectivity index (χ2v) is 8.52. The minimum atomic E-state index is -0.837. The van der Waals surface area contributed by atoms with E-state index in [0.717, 1.165) is 29.0 Å². The number of urea groups is 1. The molecule has 1 fully saturated rings. The van der Waals surface area contributed by atoms with Crippen LogP contribution in [0.5, 0.6) is 5.75 Å². The molecule has 0 bridgehead atoms. The highest BCUT2D eigenvalue weighted by molar-refractivity contribution is 6.31. The number of rotatable bonds is 7. The van der Waals surface area contributed by atoms with Crippen LogP contribution in [0.15, 0.2) is 60.3 Å². The van der Waals surface area contributed by atoms with E-state index in [1.165, 1.54) is 6.08 Å². The lowest BCUT2D eigenvalue weighted by atomic mass is 10.0. The van der Waals surface area contributed by atoms with E-state index in [1.807, 2.05) is 55.5 Å². The highest BCUT2D eigenvalue weighted by atomic mass is 16.5. The molecule has 1 saturated heterocycles. The van der Waals surface area contributed by atoms with Gasteiger partial charge in [0.1, 0.15) is 11.3 Å². The van der Waals surface area contributed by atoms with Crippen molar-refractivity contribution in [3.05, 3.63) is 71.4 Å². The fourth-order valence-corrected chi connectivity index (χ4v) is 3.56. The molecule has 4 rings (SSSR count).